The van der Waals surface area contributed by atoms with Gasteiger partial charge in [0.25, 0.3) is 5.92 Å². The number of alkyl halides is 2. The molecule has 2 aliphatic carbocycles. The lowest BCUT2D eigenvalue weighted by atomic mass is 9.68. The molecule has 2 saturated heterocycles. The fourth-order valence-corrected chi connectivity index (χ4v) is 10.6. The van der Waals surface area contributed by atoms with Gasteiger partial charge in [-0.15, -0.1) is 0 Å². The number of hydrogen-bond donors (Lipinski definition) is 2. The molecule has 0 aromatic carbocycles. The molecule has 0 amide bonds. The minimum atomic E-state index is -3.10. The van der Waals surface area contributed by atoms with Gasteiger partial charge in [-0.1, -0.05) is 31.7 Å². The highest BCUT2D eigenvalue weighted by Gasteiger charge is 2.49. The zero-order valence-electron chi connectivity index (χ0n) is 33.3. The van der Waals surface area contributed by atoms with Gasteiger partial charge in [-0.25, -0.2) is 13.2 Å². The Balaban J connectivity index is 0.966. The average molecular weight is 783 g/mol. The van der Waals surface area contributed by atoms with E-state index < -0.39 is 5.92 Å². The first kappa shape index (κ1) is 40.0. The van der Waals surface area contributed by atoms with Gasteiger partial charge in [0, 0.05) is 91.4 Å². The summed E-state index contributed by atoms with van der Waals surface area (Å²) in [6.45, 7) is 4.71. The van der Waals surface area contributed by atoms with E-state index >= 15 is 8.78 Å². The SMILES string of the molecule is CC(F)(F)c1cc(CNCC[C@@]2(c3ccccn3)CCOC3(CCCC3)C2)cnc1-c1ccc([C@]2(CCNCc3cncc(F)c3)CCOC3(CCCC3)C2)nc1. The zero-order chi connectivity index (χ0) is 39.4. The Morgan fingerprint density at radius 2 is 1.30 bits per heavy atom. The summed E-state index contributed by atoms with van der Waals surface area (Å²) >= 11 is 0. The number of nitrogens with one attached hydrogen (secondary N) is 2. The molecule has 0 unspecified atom stereocenters. The molecule has 2 saturated carbocycles. The summed E-state index contributed by atoms with van der Waals surface area (Å²) in [6, 6.07) is 13.2. The Morgan fingerprint density at radius 3 is 1.84 bits per heavy atom. The van der Waals surface area contributed by atoms with Crippen molar-refractivity contribution in [1.82, 2.24) is 30.6 Å². The molecule has 4 aromatic rings. The fourth-order valence-electron chi connectivity index (χ4n) is 10.6. The lowest BCUT2D eigenvalue weighted by Crippen LogP contribution is -2.47. The van der Waals surface area contributed by atoms with Crippen molar-refractivity contribution in [3.8, 4) is 11.3 Å². The summed E-state index contributed by atoms with van der Waals surface area (Å²) in [5.41, 5.74) is 3.76. The van der Waals surface area contributed by atoms with E-state index in [4.69, 9.17) is 19.4 Å². The predicted molar refractivity (Wildman–Crippen MR) is 214 cm³/mol. The van der Waals surface area contributed by atoms with Gasteiger partial charge < -0.3 is 20.1 Å². The van der Waals surface area contributed by atoms with Crippen LogP contribution in [-0.4, -0.2) is 57.4 Å². The monoisotopic (exact) mass is 782 g/mol. The maximum absolute atomic E-state index is 15.4. The summed E-state index contributed by atoms with van der Waals surface area (Å²) < 4.78 is 57.4. The number of ether oxygens (including phenoxy) is 2. The van der Waals surface area contributed by atoms with E-state index in [9.17, 15) is 4.39 Å². The standard InChI is InChI=1S/C46H57F3N6O2/c1-42(48,49)38-25-35(27-51-20-15-43(39-8-2-7-19-53-39)17-22-56-45(32-43)11-3-4-12-45)29-55-41(38)36-9-10-40(54-30-36)44(18-23-57-46(33-44)13-5-6-14-46)16-21-50-26-34-24-37(47)31-52-28-34/h2,7-10,19,24-25,28-31,50-51H,3-6,11-18,20-23,26-27,32-33H2,1H3/t43-,44-/m1/s1. The van der Waals surface area contributed by atoms with E-state index in [1.165, 1.54) is 25.1 Å². The Morgan fingerprint density at radius 1 is 0.684 bits per heavy atom. The van der Waals surface area contributed by atoms with E-state index in [1.54, 1.807) is 24.7 Å². The first-order valence-corrected chi connectivity index (χ1v) is 21.1. The van der Waals surface area contributed by atoms with Crippen molar-refractivity contribution < 1.29 is 22.6 Å². The van der Waals surface area contributed by atoms with Crippen LogP contribution in [0.1, 0.15) is 125 Å². The minimum Gasteiger partial charge on any atom is -0.375 e. The van der Waals surface area contributed by atoms with E-state index in [-0.39, 0.29) is 39.1 Å². The molecule has 4 aliphatic rings. The molecule has 0 radical (unpaired) electrons. The van der Waals surface area contributed by atoms with Crippen LogP contribution in [0, 0.1) is 5.82 Å². The van der Waals surface area contributed by atoms with Crippen LogP contribution < -0.4 is 10.6 Å². The Kier molecular flexibility index (Phi) is 11.8. The molecule has 8 nitrogen and oxygen atoms in total. The summed E-state index contributed by atoms with van der Waals surface area (Å²) in [5.74, 6) is -3.45. The smallest absolute Gasteiger partial charge is 0.272 e. The van der Waals surface area contributed by atoms with Crippen molar-refractivity contribution in [1.29, 1.82) is 0 Å². The topological polar surface area (TPSA) is 94.1 Å². The maximum Gasteiger partial charge on any atom is 0.272 e. The average Bonchev–Trinajstić information content (AvgIpc) is 3.87. The third kappa shape index (κ3) is 8.97. The van der Waals surface area contributed by atoms with Gasteiger partial charge in [0.15, 0.2) is 0 Å². The van der Waals surface area contributed by atoms with Crippen molar-refractivity contribution in [3.05, 3.63) is 107 Å². The van der Waals surface area contributed by atoms with Gasteiger partial charge >= 0.3 is 0 Å². The first-order valence-electron chi connectivity index (χ1n) is 21.1. The second-order valence-corrected chi connectivity index (χ2v) is 17.5. The van der Waals surface area contributed by atoms with Gasteiger partial charge in [-0.2, -0.15) is 0 Å². The second-order valence-electron chi connectivity index (χ2n) is 17.5. The number of halogens is 3. The lowest BCUT2D eigenvalue weighted by Gasteiger charge is -2.46. The Hall–Kier alpha value is -3.77. The van der Waals surface area contributed by atoms with Crippen molar-refractivity contribution in [2.24, 2.45) is 0 Å². The molecule has 8 rings (SSSR count). The van der Waals surface area contributed by atoms with Gasteiger partial charge in [-0.3, -0.25) is 19.9 Å². The lowest BCUT2D eigenvalue weighted by molar-refractivity contribution is -0.104. The fraction of sp³-hybridized carbons (Fsp3) is 0.565. The van der Waals surface area contributed by atoms with Crippen LogP contribution in [0.25, 0.3) is 11.3 Å². The molecule has 6 heterocycles. The van der Waals surface area contributed by atoms with Gasteiger partial charge in [0.2, 0.25) is 0 Å². The van der Waals surface area contributed by atoms with Crippen molar-refractivity contribution in [2.75, 3.05) is 26.3 Å². The van der Waals surface area contributed by atoms with Crippen LogP contribution in [0.15, 0.2) is 73.4 Å². The highest BCUT2D eigenvalue weighted by molar-refractivity contribution is 5.63. The molecular formula is C46H57F3N6O2. The molecular weight excluding hydrogens is 726 g/mol. The van der Waals surface area contributed by atoms with E-state index in [0.29, 0.717) is 31.8 Å². The summed E-state index contributed by atoms with van der Waals surface area (Å²) in [4.78, 5) is 18.5. The molecule has 2 spiro atoms. The van der Waals surface area contributed by atoms with Crippen LogP contribution in [-0.2, 0) is 39.3 Å². The van der Waals surface area contributed by atoms with Crippen LogP contribution in [0.4, 0.5) is 13.2 Å². The molecule has 0 bridgehead atoms. The number of nitrogens with zero attached hydrogens (tertiary/aromatic N) is 4. The predicted octanol–water partition coefficient (Wildman–Crippen LogP) is 9.27. The minimum absolute atomic E-state index is 0.0612. The van der Waals surface area contributed by atoms with E-state index in [2.05, 4.69) is 32.7 Å². The van der Waals surface area contributed by atoms with Crippen LogP contribution in [0.3, 0.4) is 0 Å². The number of hydrogen-bond acceptors (Lipinski definition) is 8. The van der Waals surface area contributed by atoms with E-state index in [0.717, 1.165) is 120 Å². The van der Waals surface area contributed by atoms with Crippen molar-refractivity contribution in [3.63, 3.8) is 0 Å². The van der Waals surface area contributed by atoms with Crippen molar-refractivity contribution >= 4 is 0 Å². The van der Waals surface area contributed by atoms with Gasteiger partial charge in [-0.05, 0) is 125 Å². The zero-order valence-corrected chi connectivity index (χ0v) is 33.3. The third-order valence-electron chi connectivity index (χ3n) is 13.5. The van der Waals surface area contributed by atoms with Gasteiger partial charge in [0.1, 0.15) is 5.82 Å². The van der Waals surface area contributed by atoms with Crippen LogP contribution >= 0.6 is 0 Å². The molecule has 2 N–H and O–H groups in total. The first-order chi connectivity index (χ1) is 27.6. The third-order valence-corrected chi connectivity index (χ3v) is 13.5. The largest absolute Gasteiger partial charge is 0.375 e. The molecule has 4 aromatic heterocycles. The summed E-state index contributed by atoms with van der Waals surface area (Å²) in [7, 11) is 0. The molecule has 57 heavy (non-hydrogen) atoms. The molecule has 2 aliphatic heterocycles. The normalized spacial score (nSPS) is 24.4. The number of aromatic nitrogens is 4. The summed E-state index contributed by atoms with van der Waals surface area (Å²) in [6.07, 6.45) is 22.5. The van der Waals surface area contributed by atoms with Crippen molar-refractivity contribution in [2.45, 2.75) is 138 Å². The molecule has 11 heteroatoms. The quantitative estimate of drug-likeness (QED) is 0.122. The maximum atomic E-state index is 15.4. The van der Waals surface area contributed by atoms with E-state index in [1.807, 2.05) is 24.4 Å². The molecule has 2 atom stereocenters. The van der Waals surface area contributed by atoms with Gasteiger partial charge in [0.05, 0.1) is 23.1 Å². The number of rotatable bonds is 14. The molecule has 304 valence electrons. The number of pyridine rings is 4. The van der Waals surface area contributed by atoms with Crippen LogP contribution in [0.2, 0.25) is 0 Å². The Labute approximate surface area is 335 Å². The second kappa shape index (κ2) is 16.8. The Bertz CT molecular complexity index is 1950. The molecule has 4 fully saturated rings. The highest BCUT2D eigenvalue weighted by Crippen LogP contribution is 2.51. The summed E-state index contributed by atoms with van der Waals surface area (Å²) in [5, 5.41) is 7.05. The van der Waals surface area contributed by atoms with Crippen LogP contribution in [0.5, 0.6) is 0 Å². The highest BCUT2D eigenvalue weighted by atomic mass is 19.3.